The predicted molar refractivity (Wildman–Crippen MR) is 174 cm³/mol. The van der Waals surface area contributed by atoms with Crippen LogP contribution in [0.2, 0.25) is 0 Å². The molecule has 4 aliphatic rings. The lowest BCUT2D eigenvalue weighted by molar-refractivity contribution is -0.155. The van der Waals surface area contributed by atoms with Crippen LogP contribution in [0.15, 0.2) is 48.6 Å². The summed E-state index contributed by atoms with van der Waals surface area (Å²) in [6, 6.07) is 6.52. The van der Waals surface area contributed by atoms with Gasteiger partial charge in [0, 0.05) is 37.5 Å². The first-order valence-electron chi connectivity index (χ1n) is 16.5. The van der Waals surface area contributed by atoms with Gasteiger partial charge >= 0.3 is 0 Å². The number of unbranched alkanes of at least 4 members (excludes halogenated alkanes) is 2. The van der Waals surface area contributed by atoms with Crippen LogP contribution in [0.4, 0.5) is 5.69 Å². The summed E-state index contributed by atoms with van der Waals surface area (Å²) in [6.07, 6.45) is 10.5. The number of fused-ring (bicyclic) bond motifs is 2. The maximum Gasteiger partial charge on any atom is 0.249 e. The van der Waals surface area contributed by atoms with Crippen molar-refractivity contribution >= 4 is 23.4 Å². The minimum absolute atomic E-state index is 0.0262. The van der Waals surface area contributed by atoms with Gasteiger partial charge in [0.2, 0.25) is 17.7 Å². The summed E-state index contributed by atoms with van der Waals surface area (Å²) in [5, 5.41) is 9.37. The predicted octanol–water partition coefficient (Wildman–Crippen LogP) is 4.73. The van der Waals surface area contributed by atoms with Crippen LogP contribution in [0.1, 0.15) is 74.1 Å². The molecule has 1 N–H and O–H groups in total. The van der Waals surface area contributed by atoms with Crippen molar-refractivity contribution in [2.24, 2.45) is 17.3 Å². The first kappa shape index (κ1) is 33.2. The Morgan fingerprint density at radius 1 is 0.911 bits per heavy atom. The molecule has 1 spiro atoms. The van der Waals surface area contributed by atoms with E-state index in [1.165, 1.54) is 0 Å². The zero-order valence-corrected chi connectivity index (χ0v) is 28.0. The van der Waals surface area contributed by atoms with Crippen LogP contribution in [0.5, 0.6) is 5.75 Å². The molecule has 9 nitrogen and oxygen atoms in total. The summed E-state index contributed by atoms with van der Waals surface area (Å²) in [4.78, 5) is 49.4. The zero-order valence-electron chi connectivity index (χ0n) is 28.0. The Balaban J connectivity index is 1.57. The highest BCUT2D eigenvalue weighted by Crippen LogP contribution is 2.58. The molecule has 0 bridgehead atoms. The van der Waals surface area contributed by atoms with Gasteiger partial charge in [-0.3, -0.25) is 14.4 Å². The Labute approximate surface area is 268 Å². The molecule has 3 amide bonds. The van der Waals surface area contributed by atoms with Gasteiger partial charge in [0.15, 0.2) is 0 Å². The highest BCUT2D eigenvalue weighted by Gasteiger charge is 2.75. The highest BCUT2D eigenvalue weighted by atomic mass is 16.5. The Hall–Kier alpha value is -3.17. The van der Waals surface area contributed by atoms with Crippen LogP contribution in [0.3, 0.4) is 0 Å². The first-order valence-corrected chi connectivity index (χ1v) is 16.5. The molecule has 1 aromatic rings. The van der Waals surface area contributed by atoms with Crippen molar-refractivity contribution in [1.82, 2.24) is 9.80 Å². The number of anilines is 1. The minimum Gasteiger partial charge on any atom is -0.494 e. The van der Waals surface area contributed by atoms with E-state index in [2.05, 4.69) is 34.6 Å². The van der Waals surface area contributed by atoms with Gasteiger partial charge in [0.05, 0.1) is 24.0 Å². The molecule has 45 heavy (non-hydrogen) atoms. The summed E-state index contributed by atoms with van der Waals surface area (Å²) in [6.45, 7) is 16.2. The van der Waals surface area contributed by atoms with Gasteiger partial charge in [0.25, 0.3) is 0 Å². The number of aliphatic hydroxyl groups excluding tert-OH is 1. The number of hydrogen-bond donors (Lipinski definition) is 1. The molecule has 0 radical (unpaired) electrons. The van der Waals surface area contributed by atoms with Crippen LogP contribution in [0, 0.1) is 17.3 Å². The van der Waals surface area contributed by atoms with Crippen LogP contribution in [-0.4, -0.2) is 88.3 Å². The van der Waals surface area contributed by atoms with Gasteiger partial charge in [0.1, 0.15) is 17.4 Å². The molecule has 1 unspecified atom stereocenters. The highest BCUT2D eigenvalue weighted by molar-refractivity contribution is 6.04. The van der Waals surface area contributed by atoms with E-state index >= 15 is 0 Å². The van der Waals surface area contributed by atoms with Crippen molar-refractivity contribution in [3.8, 4) is 5.75 Å². The number of amides is 3. The van der Waals surface area contributed by atoms with Gasteiger partial charge in [-0.2, -0.15) is 0 Å². The van der Waals surface area contributed by atoms with Crippen molar-refractivity contribution in [2.45, 2.75) is 96.9 Å². The van der Waals surface area contributed by atoms with E-state index in [0.29, 0.717) is 44.8 Å². The van der Waals surface area contributed by atoms with Gasteiger partial charge in [-0.05, 0) is 83.1 Å². The second-order valence-corrected chi connectivity index (χ2v) is 15.0. The SMILES string of the molecule is CCOc1ccc(N2CC=C[C@@]3(C)O[C@]45C=CCN(C(C)(C)CC(C)(C)C)C(=O)C4N(CCCCCO)C(=O)[C@@H]5[C@H]3C2=O)cc1. The molecule has 0 saturated carbocycles. The van der Waals surface area contributed by atoms with Gasteiger partial charge in [-0.1, -0.05) is 45.1 Å². The van der Waals surface area contributed by atoms with Gasteiger partial charge in [-0.25, -0.2) is 0 Å². The number of nitrogens with zero attached hydrogens (tertiary/aromatic N) is 3. The third kappa shape index (κ3) is 5.94. The molecule has 1 aromatic carbocycles. The van der Waals surface area contributed by atoms with Crippen molar-refractivity contribution in [3.63, 3.8) is 0 Å². The smallest absolute Gasteiger partial charge is 0.249 e. The topological polar surface area (TPSA) is 99.6 Å². The average molecular weight is 622 g/mol. The van der Waals surface area contributed by atoms with Crippen molar-refractivity contribution in [3.05, 3.63) is 48.6 Å². The van der Waals surface area contributed by atoms with Crippen molar-refractivity contribution in [1.29, 1.82) is 0 Å². The molecule has 5 rings (SSSR count). The number of ether oxygens (including phenoxy) is 2. The van der Waals surface area contributed by atoms with Crippen molar-refractivity contribution < 1.29 is 29.0 Å². The molecule has 0 aromatic heterocycles. The summed E-state index contributed by atoms with van der Waals surface area (Å²) >= 11 is 0. The monoisotopic (exact) mass is 621 g/mol. The number of likely N-dealkylation sites (tertiary alicyclic amines) is 1. The maximum atomic E-state index is 14.8. The van der Waals surface area contributed by atoms with Gasteiger partial charge in [-0.15, -0.1) is 0 Å². The molecule has 0 aliphatic carbocycles. The zero-order chi connectivity index (χ0) is 32.8. The number of carbonyl (C=O) groups is 3. The fourth-order valence-electron chi connectivity index (χ4n) is 8.39. The molecule has 9 heteroatoms. The molecule has 5 atom stereocenters. The number of benzene rings is 1. The van der Waals surface area contributed by atoms with Crippen molar-refractivity contribution in [2.75, 3.05) is 37.7 Å². The van der Waals surface area contributed by atoms with Crippen LogP contribution < -0.4 is 9.64 Å². The Morgan fingerprint density at radius 3 is 2.24 bits per heavy atom. The second-order valence-electron chi connectivity index (χ2n) is 15.0. The number of aliphatic hydroxyl groups is 1. The van der Waals surface area contributed by atoms with Crippen LogP contribution in [0.25, 0.3) is 0 Å². The van der Waals surface area contributed by atoms with E-state index < -0.39 is 34.6 Å². The van der Waals surface area contributed by atoms with Crippen LogP contribution >= 0.6 is 0 Å². The third-order valence-electron chi connectivity index (χ3n) is 9.77. The lowest BCUT2D eigenvalue weighted by Crippen LogP contribution is -2.60. The largest absolute Gasteiger partial charge is 0.494 e. The van der Waals surface area contributed by atoms with E-state index in [-0.39, 0.29) is 29.7 Å². The lowest BCUT2D eigenvalue weighted by atomic mass is 9.74. The molecule has 246 valence electrons. The lowest BCUT2D eigenvalue weighted by Gasteiger charge is -2.44. The Bertz CT molecular complexity index is 1350. The van der Waals surface area contributed by atoms with E-state index in [4.69, 9.17) is 9.47 Å². The first-order chi connectivity index (χ1) is 21.2. The Kier molecular flexibility index (Phi) is 9.01. The third-order valence-corrected chi connectivity index (χ3v) is 9.77. The molecule has 2 fully saturated rings. The summed E-state index contributed by atoms with van der Waals surface area (Å²) in [7, 11) is 0. The molecule has 4 heterocycles. The van der Waals surface area contributed by atoms with E-state index in [1.807, 2.05) is 67.3 Å². The molecular formula is C36H51N3O6. The average Bonchev–Trinajstić information content (AvgIpc) is 3.20. The molecular weight excluding hydrogens is 570 g/mol. The van der Waals surface area contributed by atoms with Crippen LogP contribution in [-0.2, 0) is 19.1 Å². The van der Waals surface area contributed by atoms with E-state index in [0.717, 1.165) is 18.6 Å². The minimum atomic E-state index is -1.29. The van der Waals surface area contributed by atoms with Gasteiger partial charge < -0.3 is 29.3 Å². The number of carbonyl (C=O) groups excluding carboxylic acids is 3. The maximum absolute atomic E-state index is 14.8. The normalized spacial score (nSPS) is 29.9. The number of hydrogen-bond acceptors (Lipinski definition) is 6. The summed E-state index contributed by atoms with van der Waals surface area (Å²) in [5.41, 5.74) is -2.18. The fraction of sp³-hybridized carbons (Fsp3) is 0.639. The summed E-state index contributed by atoms with van der Waals surface area (Å²) < 4.78 is 12.6. The standard InChI is InChI=1S/C36H51N3O6/c1-8-44-26-16-14-25(15-17-26)37-21-12-18-35(7)27(30(37)41)28-31(42)38(20-10-9-11-23-40)29-32(43)39(22-13-19-36(28,29)45-35)34(5,6)24-33(2,3)4/h12-19,27-29,40H,8-11,20-24H2,1-7H3/t27-,28-,29?,35+,36-/m0/s1. The molecule has 2 saturated heterocycles. The van der Waals surface area contributed by atoms with E-state index in [1.54, 1.807) is 9.80 Å². The quantitative estimate of drug-likeness (QED) is 0.300. The summed E-state index contributed by atoms with van der Waals surface area (Å²) in [5.74, 6) is -1.53. The fourth-order valence-corrected chi connectivity index (χ4v) is 8.39. The number of rotatable bonds is 10. The molecule has 4 aliphatic heterocycles. The second kappa shape index (κ2) is 12.2. The Morgan fingerprint density at radius 2 is 1.60 bits per heavy atom. The van der Waals surface area contributed by atoms with E-state index in [9.17, 15) is 19.5 Å².